The maximum Gasteiger partial charge on any atom is 0.155 e. The molecule has 1 saturated heterocycles. The lowest BCUT2D eigenvalue weighted by molar-refractivity contribution is 0.141. The van der Waals surface area contributed by atoms with Gasteiger partial charge in [-0.25, -0.2) is 0 Å². The van der Waals surface area contributed by atoms with E-state index in [1.54, 1.807) is 18.5 Å². The highest BCUT2D eigenvalue weighted by molar-refractivity contribution is 5.40. The zero-order valence-corrected chi connectivity index (χ0v) is 7.64. The highest BCUT2D eigenvalue weighted by Gasteiger charge is 2.18. The molecule has 4 nitrogen and oxygen atoms in total. The normalized spacial score (nSPS) is 20.4. The Morgan fingerprint density at radius 2 is 2.57 bits per heavy atom. The highest BCUT2D eigenvalue weighted by Crippen LogP contribution is 2.19. The molecule has 0 aromatic carbocycles. The smallest absolute Gasteiger partial charge is 0.155 e. The summed E-state index contributed by atoms with van der Waals surface area (Å²) in [6, 6.07) is 3.71. The minimum absolute atomic E-state index is 0.0614. The molecule has 1 aliphatic heterocycles. The van der Waals surface area contributed by atoms with Crippen molar-refractivity contribution in [3.63, 3.8) is 0 Å². The van der Waals surface area contributed by atoms with E-state index in [1.807, 2.05) is 0 Å². The first kappa shape index (κ1) is 8.97. The number of ether oxygens (including phenoxy) is 2. The zero-order chi connectivity index (χ0) is 9.80. The predicted molar refractivity (Wildman–Crippen MR) is 48.8 cm³/mol. The summed E-state index contributed by atoms with van der Waals surface area (Å²) in [6.07, 6.45) is 4.08. The van der Waals surface area contributed by atoms with E-state index in [2.05, 4.69) is 11.1 Å². The van der Waals surface area contributed by atoms with Crippen LogP contribution in [0.25, 0.3) is 0 Å². The Labute approximate surface area is 82.1 Å². The minimum Gasteiger partial charge on any atom is -0.485 e. The van der Waals surface area contributed by atoms with Crippen molar-refractivity contribution in [2.45, 2.75) is 12.5 Å². The van der Waals surface area contributed by atoms with Crippen LogP contribution >= 0.6 is 0 Å². The minimum atomic E-state index is 0.0614. The molecule has 2 rings (SSSR count). The molecule has 1 aromatic rings. The molecule has 0 aliphatic carbocycles. The lowest BCUT2D eigenvalue weighted by Crippen LogP contribution is -2.16. The molecule has 1 fully saturated rings. The molecule has 2 heterocycles. The standard InChI is InChI=1S/C10H10N2O2/c11-5-8-1-3-12-6-10(8)14-9-2-4-13-7-9/h1,3,6,9H,2,4,7H2/t9-/m1/s1. The van der Waals surface area contributed by atoms with Gasteiger partial charge in [-0.15, -0.1) is 0 Å². The quantitative estimate of drug-likeness (QED) is 0.701. The Bertz CT molecular complexity index is 353. The molecule has 1 atom stereocenters. The Balaban J connectivity index is 2.11. The molecule has 0 unspecified atom stereocenters. The van der Waals surface area contributed by atoms with Crippen LogP contribution in [0.15, 0.2) is 18.5 Å². The molecule has 1 aromatic heterocycles. The average Bonchev–Trinajstić information content (AvgIpc) is 2.71. The number of aromatic nitrogens is 1. The van der Waals surface area contributed by atoms with E-state index in [1.165, 1.54) is 0 Å². The number of nitrogens with zero attached hydrogens (tertiary/aromatic N) is 2. The monoisotopic (exact) mass is 190 g/mol. The topological polar surface area (TPSA) is 55.1 Å². The summed E-state index contributed by atoms with van der Waals surface area (Å²) in [5.41, 5.74) is 0.520. The zero-order valence-electron chi connectivity index (χ0n) is 7.64. The number of nitriles is 1. The largest absolute Gasteiger partial charge is 0.485 e. The number of hydrogen-bond donors (Lipinski definition) is 0. The van der Waals surface area contributed by atoms with Crippen LogP contribution < -0.4 is 4.74 Å². The van der Waals surface area contributed by atoms with Crippen LogP contribution in [0.5, 0.6) is 5.75 Å². The summed E-state index contributed by atoms with van der Waals surface area (Å²) < 4.78 is 10.8. The van der Waals surface area contributed by atoms with Gasteiger partial charge in [0.15, 0.2) is 5.75 Å². The second kappa shape index (κ2) is 4.07. The van der Waals surface area contributed by atoms with Crippen LogP contribution in [0.3, 0.4) is 0 Å². The lowest BCUT2D eigenvalue weighted by Gasteiger charge is -2.11. The Morgan fingerprint density at radius 1 is 1.64 bits per heavy atom. The number of pyridine rings is 1. The summed E-state index contributed by atoms with van der Waals surface area (Å²) in [4.78, 5) is 3.92. The van der Waals surface area contributed by atoms with Crippen LogP contribution in [0.1, 0.15) is 12.0 Å². The van der Waals surface area contributed by atoms with Gasteiger partial charge in [0, 0.05) is 12.6 Å². The fourth-order valence-electron chi connectivity index (χ4n) is 1.35. The summed E-state index contributed by atoms with van der Waals surface area (Å²) in [7, 11) is 0. The molecule has 0 amide bonds. The Hall–Kier alpha value is -1.60. The van der Waals surface area contributed by atoms with Crippen LogP contribution in [0, 0.1) is 11.3 Å². The van der Waals surface area contributed by atoms with E-state index in [0.717, 1.165) is 13.0 Å². The molecule has 0 radical (unpaired) electrons. The van der Waals surface area contributed by atoms with Crippen LogP contribution in [0.2, 0.25) is 0 Å². The third-order valence-electron chi connectivity index (χ3n) is 2.09. The lowest BCUT2D eigenvalue weighted by atomic mass is 10.2. The van der Waals surface area contributed by atoms with Gasteiger partial charge in [0.25, 0.3) is 0 Å². The Kier molecular flexibility index (Phi) is 2.61. The summed E-state index contributed by atoms with van der Waals surface area (Å²) >= 11 is 0. The van der Waals surface area contributed by atoms with Crippen LogP contribution in [-0.2, 0) is 4.74 Å². The van der Waals surface area contributed by atoms with Crippen molar-refractivity contribution >= 4 is 0 Å². The second-order valence-electron chi connectivity index (χ2n) is 3.09. The number of hydrogen-bond acceptors (Lipinski definition) is 4. The second-order valence-corrected chi connectivity index (χ2v) is 3.09. The van der Waals surface area contributed by atoms with Gasteiger partial charge in [0.2, 0.25) is 0 Å². The van der Waals surface area contributed by atoms with Crippen LogP contribution in [0.4, 0.5) is 0 Å². The van der Waals surface area contributed by atoms with Crippen molar-refractivity contribution in [1.82, 2.24) is 4.98 Å². The van der Waals surface area contributed by atoms with Crippen molar-refractivity contribution in [3.05, 3.63) is 24.0 Å². The van der Waals surface area contributed by atoms with Gasteiger partial charge < -0.3 is 9.47 Å². The van der Waals surface area contributed by atoms with E-state index in [-0.39, 0.29) is 6.10 Å². The molecule has 0 spiro atoms. The van der Waals surface area contributed by atoms with E-state index in [4.69, 9.17) is 14.7 Å². The van der Waals surface area contributed by atoms with Gasteiger partial charge in [-0.1, -0.05) is 0 Å². The molecular formula is C10H10N2O2. The van der Waals surface area contributed by atoms with Crippen molar-refractivity contribution in [3.8, 4) is 11.8 Å². The number of rotatable bonds is 2. The van der Waals surface area contributed by atoms with E-state index in [9.17, 15) is 0 Å². The van der Waals surface area contributed by atoms with Gasteiger partial charge in [0.1, 0.15) is 12.2 Å². The molecule has 1 aliphatic rings. The maximum atomic E-state index is 8.80. The van der Waals surface area contributed by atoms with Crippen molar-refractivity contribution < 1.29 is 9.47 Å². The van der Waals surface area contributed by atoms with Gasteiger partial charge in [-0.2, -0.15) is 5.26 Å². The first-order valence-electron chi connectivity index (χ1n) is 4.48. The van der Waals surface area contributed by atoms with E-state index in [0.29, 0.717) is 17.9 Å². The summed E-state index contributed by atoms with van der Waals surface area (Å²) in [5.74, 6) is 0.547. The SMILES string of the molecule is N#Cc1ccncc1O[C@@H]1CCOC1. The third kappa shape index (κ3) is 1.83. The predicted octanol–water partition coefficient (Wildman–Crippen LogP) is 1.12. The van der Waals surface area contributed by atoms with E-state index < -0.39 is 0 Å². The van der Waals surface area contributed by atoms with E-state index >= 15 is 0 Å². The molecule has 0 saturated carbocycles. The molecule has 14 heavy (non-hydrogen) atoms. The molecule has 0 N–H and O–H groups in total. The van der Waals surface area contributed by atoms with Crippen molar-refractivity contribution in [2.75, 3.05) is 13.2 Å². The first-order chi connectivity index (χ1) is 6.90. The van der Waals surface area contributed by atoms with Crippen LogP contribution in [-0.4, -0.2) is 24.3 Å². The molecule has 72 valence electrons. The maximum absolute atomic E-state index is 8.80. The summed E-state index contributed by atoms with van der Waals surface area (Å²) in [6.45, 7) is 1.33. The summed E-state index contributed by atoms with van der Waals surface area (Å²) in [5, 5.41) is 8.80. The van der Waals surface area contributed by atoms with Gasteiger partial charge >= 0.3 is 0 Å². The molecule has 4 heteroatoms. The van der Waals surface area contributed by atoms with Gasteiger partial charge in [-0.05, 0) is 6.07 Å². The molecule has 0 bridgehead atoms. The van der Waals surface area contributed by atoms with Gasteiger partial charge in [0.05, 0.1) is 25.0 Å². The fraction of sp³-hybridized carbons (Fsp3) is 0.400. The fourth-order valence-corrected chi connectivity index (χ4v) is 1.35. The molecular weight excluding hydrogens is 180 g/mol. The van der Waals surface area contributed by atoms with Crippen molar-refractivity contribution in [2.24, 2.45) is 0 Å². The highest BCUT2D eigenvalue weighted by atomic mass is 16.5. The van der Waals surface area contributed by atoms with Crippen molar-refractivity contribution in [1.29, 1.82) is 5.26 Å². The first-order valence-corrected chi connectivity index (χ1v) is 4.48. The third-order valence-corrected chi connectivity index (χ3v) is 2.09. The average molecular weight is 190 g/mol. The Morgan fingerprint density at radius 3 is 3.29 bits per heavy atom. The van der Waals surface area contributed by atoms with Gasteiger partial charge in [-0.3, -0.25) is 4.98 Å².